The Morgan fingerprint density at radius 3 is 2.56 bits per heavy atom. The third-order valence-electron chi connectivity index (χ3n) is 3.31. The highest BCUT2D eigenvalue weighted by Gasteiger charge is 2.11. The van der Waals surface area contributed by atoms with Crippen LogP contribution in [0.25, 0.3) is 0 Å². The molecule has 2 aromatic rings. The molecule has 0 aliphatic rings. The van der Waals surface area contributed by atoms with Crippen LogP contribution in [-0.4, -0.2) is 14.9 Å². The summed E-state index contributed by atoms with van der Waals surface area (Å²) in [7, 11) is 0. The van der Waals surface area contributed by atoms with Gasteiger partial charge in [0.25, 0.3) is 0 Å². The van der Waals surface area contributed by atoms with E-state index in [1.165, 1.54) is 12.1 Å². The van der Waals surface area contributed by atoms with Crippen LogP contribution in [0.15, 0.2) is 18.2 Å². The molecule has 0 aliphatic heterocycles. The summed E-state index contributed by atoms with van der Waals surface area (Å²) >= 11 is 0. The normalized spacial score (nSPS) is 10.9. The van der Waals surface area contributed by atoms with Gasteiger partial charge in [-0.25, -0.2) is 4.39 Å². The third kappa shape index (κ3) is 2.29. The van der Waals surface area contributed by atoms with Crippen molar-refractivity contribution in [2.75, 3.05) is 0 Å². The van der Waals surface area contributed by atoms with E-state index in [0.717, 1.165) is 28.1 Å². The average molecular weight is 248 g/mol. The fourth-order valence-electron chi connectivity index (χ4n) is 2.11. The first-order valence-electron chi connectivity index (χ1n) is 5.91. The van der Waals surface area contributed by atoms with Crippen LogP contribution in [0, 0.1) is 26.6 Å². The lowest BCUT2D eigenvalue weighted by Gasteiger charge is -2.08. The van der Waals surface area contributed by atoms with E-state index in [0.29, 0.717) is 6.54 Å². The highest BCUT2D eigenvalue weighted by molar-refractivity contribution is 5.29. The molecule has 0 radical (unpaired) electrons. The molecule has 4 heteroatoms. The van der Waals surface area contributed by atoms with E-state index in [1.807, 2.05) is 25.5 Å². The topological polar surface area (TPSA) is 38.0 Å². The van der Waals surface area contributed by atoms with Gasteiger partial charge in [0, 0.05) is 11.3 Å². The summed E-state index contributed by atoms with van der Waals surface area (Å²) in [5.74, 6) is -0.222. The van der Waals surface area contributed by atoms with E-state index < -0.39 is 0 Å². The van der Waals surface area contributed by atoms with Crippen molar-refractivity contribution in [3.63, 3.8) is 0 Å². The van der Waals surface area contributed by atoms with Crippen LogP contribution in [0.3, 0.4) is 0 Å². The van der Waals surface area contributed by atoms with E-state index in [4.69, 9.17) is 0 Å². The second-order valence-corrected chi connectivity index (χ2v) is 4.54. The van der Waals surface area contributed by atoms with Gasteiger partial charge in [-0.1, -0.05) is 6.07 Å². The summed E-state index contributed by atoms with van der Waals surface area (Å²) in [6, 6.07) is 4.76. The smallest absolute Gasteiger partial charge is 0.123 e. The fourth-order valence-corrected chi connectivity index (χ4v) is 2.11. The molecule has 0 spiro atoms. The molecule has 0 atom stereocenters. The molecule has 0 unspecified atom stereocenters. The van der Waals surface area contributed by atoms with E-state index in [-0.39, 0.29) is 12.4 Å². The van der Waals surface area contributed by atoms with Gasteiger partial charge in [0.2, 0.25) is 0 Å². The maximum Gasteiger partial charge on any atom is 0.123 e. The van der Waals surface area contributed by atoms with E-state index in [9.17, 15) is 9.50 Å². The molecule has 18 heavy (non-hydrogen) atoms. The molecular weight excluding hydrogens is 231 g/mol. The van der Waals surface area contributed by atoms with Crippen molar-refractivity contribution < 1.29 is 9.50 Å². The molecule has 0 fully saturated rings. The largest absolute Gasteiger partial charge is 0.392 e. The first-order chi connectivity index (χ1) is 8.52. The van der Waals surface area contributed by atoms with Crippen LogP contribution < -0.4 is 0 Å². The Balaban J connectivity index is 2.34. The lowest BCUT2D eigenvalue weighted by atomic mass is 10.1. The Hall–Kier alpha value is -1.68. The van der Waals surface area contributed by atoms with Gasteiger partial charge in [0.15, 0.2) is 0 Å². The van der Waals surface area contributed by atoms with Crippen LogP contribution >= 0.6 is 0 Å². The summed E-state index contributed by atoms with van der Waals surface area (Å²) in [6.07, 6.45) is 0. The number of hydrogen-bond donors (Lipinski definition) is 1. The van der Waals surface area contributed by atoms with Crippen LogP contribution in [0.5, 0.6) is 0 Å². The maximum absolute atomic E-state index is 13.0. The highest BCUT2D eigenvalue weighted by Crippen LogP contribution is 2.16. The van der Waals surface area contributed by atoms with Crippen LogP contribution in [0.1, 0.15) is 28.1 Å². The van der Waals surface area contributed by atoms with Crippen LogP contribution in [-0.2, 0) is 13.2 Å². The van der Waals surface area contributed by atoms with Crippen molar-refractivity contribution in [1.29, 1.82) is 0 Å². The van der Waals surface area contributed by atoms with Gasteiger partial charge in [-0.3, -0.25) is 4.68 Å². The Kier molecular flexibility index (Phi) is 3.48. The second kappa shape index (κ2) is 4.90. The molecule has 0 saturated heterocycles. The van der Waals surface area contributed by atoms with Gasteiger partial charge in [0.05, 0.1) is 18.8 Å². The summed E-state index contributed by atoms with van der Waals surface area (Å²) in [5, 5.41) is 13.7. The monoisotopic (exact) mass is 248 g/mol. The van der Waals surface area contributed by atoms with Crippen molar-refractivity contribution >= 4 is 0 Å². The number of aromatic nitrogens is 2. The van der Waals surface area contributed by atoms with Gasteiger partial charge in [-0.05, 0) is 44.0 Å². The third-order valence-corrected chi connectivity index (χ3v) is 3.31. The molecule has 1 aromatic heterocycles. The van der Waals surface area contributed by atoms with Crippen molar-refractivity contribution in [3.05, 3.63) is 52.1 Å². The van der Waals surface area contributed by atoms with Crippen LogP contribution in [0.4, 0.5) is 4.39 Å². The molecule has 1 aromatic carbocycles. The predicted octanol–water partition coefficient (Wildman–Crippen LogP) is 2.49. The molecule has 3 nitrogen and oxygen atoms in total. The van der Waals surface area contributed by atoms with Crippen molar-refractivity contribution in [3.8, 4) is 0 Å². The number of aryl methyl sites for hydroxylation is 2. The number of hydrogen-bond acceptors (Lipinski definition) is 2. The number of rotatable bonds is 3. The Bertz CT molecular complexity index is 575. The minimum Gasteiger partial charge on any atom is -0.392 e. The lowest BCUT2D eigenvalue weighted by molar-refractivity contribution is 0.280. The molecule has 0 amide bonds. The zero-order chi connectivity index (χ0) is 13.3. The quantitative estimate of drug-likeness (QED) is 0.906. The fraction of sp³-hybridized carbons (Fsp3) is 0.357. The van der Waals surface area contributed by atoms with E-state index in [1.54, 1.807) is 6.07 Å². The summed E-state index contributed by atoms with van der Waals surface area (Å²) < 4.78 is 14.9. The van der Waals surface area contributed by atoms with Crippen LogP contribution in [0.2, 0.25) is 0 Å². The molecule has 0 bridgehead atoms. The summed E-state index contributed by atoms with van der Waals surface area (Å²) in [5.41, 5.74) is 4.61. The molecule has 0 aliphatic carbocycles. The number of benzene rings is 1. The zero-order valence-electron chi connectivity index (χ0n) is 10.9. The van der Waals surface area contributed by atoms with E-state index in [2.05, 4.69) is 5.10 Å². The van der Waals surface area contributed by atoms with Gasteiger partial charge in [-0.2, -0.15) is 5.10 Å². The molecule has 0 saturated carbocycles. The SMILES string of the molecule is Cc1cc(F)ccc1Cn1nc(C)c(CO)c1C. The van der Waals surface area contributed by atoms with Crippen molar-refractivity contribution in [1.82, 2.24) is 9.78 Å². The Morgan fingerprint density at radius 1 is 1.28 bits per heavy atom. The zero-order valence-corrected chi connectivity index (χ0v) is 10.9. The minimum atomic E-state index is -0.222. The number of aliphatic hydroxyl groups is 1. The Labute approximate surface area is 106 Å². The summed E-state index contributed by atoms with van der Waals surface area (Å²) in [4.78, 5) is 0. The molecule has 1 N–H and O–H groups in total. The van der Waals surface area contributed by atoms with Gasteiger partial charge >= 0.3 is 0 Å². The van der Waals surface area contributed by atoms with Gasteiger partial charge < -0.3 is 5.11 Å². The Morgan fingerprint density at radius 2 is 2.00 bits per heavy atom. The van der Waals surface area contributed by atoms with Crippen molar-refractivity contribution in [2.45, 2.75) is 33.9 Å². The standard InChI is InChI=1S/C14H17FN2O/c1-9-6-13(15)5-4-12(9)7-17-11(3)14(8-18)10(2)16-17/h4-6,18H,7-8H2,1-3H3. The average Bonchev–Trinajstić information content (AvgIpc) is 2.58. The van der Waals surface area contributed by atoms with Gasteiger partial charge in [0.1, 0.15) is 5.82 Å². The molecular formula is C14H17FN2O. The number of aliphatic hydroxyl groups excluding tert-OH is 1. The van der Waals surface area contributed by atoms with Crippen molar-refractivity contribution in [2.24, 2.45) is 0 Å². The molecule has 1 heterocycles. The van der Waals surface area contributed by atoms with E-state index >= 15 is 0 Å². The lowest BCUT2D eigenvalue weighted by Crippen LogP contribution is -2.06. The second-order valence-electron chi connectivity index (χ2n) is 4.54. The molecule has 2 rings (SSSR count). The van der Waals surface area contributed by atoms with Gasteiger partial charge in [-0.15, -0.1) is 0 Å². The maximum atomic E-state index is 13.0. The number of halogens is 1. The summed E-state index contributed by atoms with van der Waals surface area (Å²) in [6.45, 7) is 6.30. The minimum absolute atomic E-state index is 0.0000661. The first-order valence-corrected chi connectivity index (χ1v) is 5.91. The predicted molar refractivity (Wildman–Crippen MR) is 67.9 cm³/mol. The first kappa shape index (κ1) is 12.8. The molecule has 96 valence electrons. The number of nitrogens with zero attached hydrogens (tertiary/aromatic N) is 2. The highest BCUT2D eigenvalue weighted by atomic mass is 19.1.